The fourth-order valence-electron chi connectivity index (χ4n) is 6.27. The van der Waals surface area contributed by atoms with Crippen molar-refractivity contribution in [1.82, 2.24) is 19.9 Å². The minimum absolute atomic E-state index is 0.147. The van der Waals surface area contributed by atoms with Crippen LogP contribution >= 0.6 is 11.6 Å². The number of nitrogens with zero attached hydrogens (tertiary/aromatic N) is 3. The van der Waals surface area contributed by atoms with Gasteiger partial charge >= 0.3 is 0 Å². The first-order chi connectivity index (χ1) is 18.5. The van der Waals surface area contributed by atoms with Crippen molar-refractivity contribution in [1.29, 1.82) is 0 Å². The molecule has 2 fully saturated rings. The number of fused-ring (bicyclic) bond motifs is 3. The molecular formula is C29H33ClN4O3S. The number of halogens is 1. The van der Waals surface area contributed by atoms with Crippen LogP contribution in [-0.2, 0) is 9.84 Å². The summed E-state index contributed by atoms with van der Waals surface area (Å²) in [5.74, 6) is 1.61. The van der Waals surface area contributed by atoms with Crippen molar-refractivity contribution in [3.05, 3.63) is 65.6 Å². The number of aromatic amines is 1. The molecule has 1 saturated carbocycles. The summed E-state index contributed by atoms with van der Waals surface area (Å²) in [5.41, 5.74) is 3.03. The molecule has 200 valence electrons. The van der Waals surface area contributed by atoms with E-state index in [4.69, 9.17) is 16.3 Å². The highest BCUT2D eigenvalue weighted by Gasteiger charge is 2.34. The van der Waals surface area contributed by atoms with Crippen LogP contribution < -0.4 is 4.74 Å². The summed E-state index contributed by atoms with van der Waals surface area (Å²) in [4.78, 5) is 14.2. The Bertz CT molecular complexity index is 1510. The van der Waals surface area contributed by atoms with Gasteiger partial charge in [0.1, 0.15) is 11.6 Å². The Balaban J connectivity index is 1.07. The molecule has 0 radical (unpaired) electrons. The van der Waals surface area contributed by atoms with Crippen LogP contribution in [0.25, 0.3) is 21.9 Å². The van der Waals surface area contributed by atoms with E-state index in [0.29, 0.717) is 36.3 Å². The number of H-pyrrole nitrogens is 1. The number of hydrogen-bond acceptors (Lipinski definition) is 6. The van der Waals surface area contributed by atoms with Crippen LogP contribution in [-0.4, -0.2) is 59.1 Å². The van der Waals surface area contributed by atoms with Crippen LogP contribution in [0.5, 0.6) is 5.75 Å². The van der Waals surface area contributed by atoms with E-state index < -0.39 is 9.84 Å². The minimum Gasteiger partial charge on any atom is -0.493 e. The number of piperidine rings is 1. The quantitative estimate of drug-likeness (QED) is 0.304. The summed E-state index contributed by atoms with van der Waals surface area (Å²) >= 11 is 5.96. The maximum Gasteiger partial charge on any atom is 0.166 e. The molecule has 1 unspecified atom stereocenters. The average molecular weight is 553 g/mol. The Kier molecular flexibility index (Phi) is 7.29. The smallest absolute Gasteiger partial charge is 0.166 e. The molecule has 1 aromatic carbocycles. The van der Waals surface area contributed by atoms with Gasteiger partial charge in [-0.1, -0.05) is 11.6 Å². The van der Waals surface area contributed by atoms with E-state index in [1.165, 1.54) is 10.9 Å². The van der Waals surface area contributed by atoms with Gasteiger partial charge in [-0.05, 0) is 92.9 Å². The van der Waals surface area contributed by atoms with Gasteiger partial charge in [0, 0.05) is 40.7 Å². The molecule has 6 rings (SSSR count). The zero-order valence-electron chi connectivity index (χ0n) is 21.4. The third-order valence-corrected chi connectivity index (χ3v) is 10.7. The molecule has 1 atom stereocenters. The molecule has 0 bridgehead atoms. The van der Waals surface area contributed by atoms with Gasteiger partial charge in [-0.2, -0.15) is 0 Å². The summed E-state index contributed by atoms with van der Waals surface area (Å²) in [6.45, 7) is 2.18. The molecular weight excluding hydrogens is 520 g/mol. The zero-order valence-corrected chi connectivity index (χ0v) is 22.9. The van der Waals surface area contributed by atoms with E-state index in [-0.39, 0.29) is 11.1 Å². The van der Waals surface area contributed by atoms with Crippen molar-refractivity contribution in [3.8, 4) is 5.75 Å². The second kappa shape index (κ2) is 10.8. The van der Waals surface area contributed by atoms with Gasteiger partial charge in [-0.15, -0.1) is 0 Å². The number of likely N-dealkylation sites (tertiary alicyclic amines) is 1. The first-order valence-corrected chi connectivity index (χ1v) is 15.6. The lowest BCUT2D eigenvalue weighted by Crippen LogP contribution is -2.43. The first-order valence-electron chi connectivity index (χ1n) is 13.5. The van der Waals surface area contributed by atoms with Crippen LogP contribution in [0.15, 0.2) is 55.0 Å². The van der Waals surface area contributed by atoms with Crippen molar-refractivity contribution in [3.63, 3.8) is 0 Å². The number of pyridine rings is 2. The van der Waals surface area contributed by atoms with Crippen molar-refractivity contribution in [2.24, 2.45) is 5.92 Å². The van der Waals surface area contributed by atoms with Crippen LogP contribution in [0.1, 0.15) is 50.0 Å². The van der Waals surface area contributed by atoms with Gasteiger partial charge in [0.2, 0.25) is 0 Å². The molecule has 1 aliphatic carbocycles. The van der Waals surface area contributed by atoms with Crippen LogP contribution in [0.2, 0.25) is 5.02 Å². The minimum atomic E-state index is -3.21. The molecule has 4 heterocycles. The molecule has 7 nitrogen and oxygen atoms in total. The fraction of sp³-hybridized carbons (Fsp3) is 0.448. The molecule has 1 saturated heterocycles. The summed E-state index contributed by atoms with van der Waals surface area (Å²) < 4.78 is 32.9. The molecule has 3 aromatic heterocycles. The Morgan fingerprint density at radius 3 is 2.66 bits per heavy atom. The maximum absolute atomic E-state index is 13.5. The summed E-state index contributed by atoms with van der Waals surface area (Å²) in [7, 11) is -3.21. The normalized spacial score (nSPS) is 23.1. The third kappa shape index (κ3) is 5.40. The van der Waals surface area contributed by atoms with E-state index in [2.05, 4.69) is 25.9 Å². The van der Waals surface area contributed by atoms with Gasteiger partial charge in [0.25, 0.3) is 0 Å². The summed E-state index contributed by atoms with van der Waals surface area (Å²) in [6.07, 6.45) is 10.8. The highest BCUT2D eigenvalue weighted by molar-refractivity contribution is 7.91. The molecule has 38 heavy (non-hydrogen) atoms. The standard InChI is InChI=1S/C29H33ClN4O3S/c30-22-5-7-23(8-6-22)37-18-20-2-1-15-34(17-20)19-38(35,36)24-9-3-21(4-10-24)25-11-13-31-27-16-33-29-26(28(25)27)12-14-32-29/h5-8,11-14,16,20-21,24,31H,1-4,9-10,15,17-19H2. The lowest BCUT2D eigenvalue weighted by Gasteiger charge is -2.35. The number of sulfone groups is 1. The van der Waals surface area contributed by atoms with Crippen LogP contribution in [0, 0.1) is 5.92 Å². The number of hydrogen-bond donors (Lipinski definition) is 1. The molecule has 9 heteroatoms. The Labute approximate surface area is 228 Å². The van der Waals surface area contributed by atoms with Crippen molar-refractivity contribution in [2.45, 2.75) is 49.7 Å². The van der Waals surface area contributed by atoms with E-state index in [1.807, 2.05) is 42.7 Å². The Morgan fingerprint density at radius 1 is 1.03 bits per heavy atom. The fourth-order valence-corrected chi connectivity index (χ4v) is 8.34. The number of rotatable bonds is 7. The number of benzene rings is 1. The van der Waals surface area contributed by atoms with E-state index >= 15 is 0 Å². The monoisotopic (exact) mass is 552 g/mol. The molecule has 2 aliphatic rings. The second-order valence-corrected chi connectivity index (χ2v) is 13.5. The number of nitrogens with one attached hydrogen (secondary N) is 1. The largest absolute Gasteiger partial charge is 0.493 e. The lowest BCUT2D eigenvalue weighted by molar-refractivity contribution is 0.144. The predicted molar refractivity (Wildman–Crippen MR) is 151 cm³/mol. The van der Waals surface area contributed by atoms with Crippen molar-refractivity contribution >= 4 is 43.4 Å². The SMILES string of the molecule is O=S(=O)(CN1CCCC(COc2ccc(Cl)cc2)C1)C1CCC(c2cc[nH]c3cnc4nccc4c23)CC1. The highest BCUT2D eigenvalue weighted by Crippen LogP contribution is 2.40. The number of ether oxygens (including phenoxy) is 1. The van der Waals surface area contributed by atoms with Gasteiger partial charge < -0.3 is 9.72 Å². The van der Waals surface area contributed by atoms with Crippen LogP contribution in [0.4, 0.5) is 0 Å². The highest BCUT2D eigenvalue weighted by atomic mass is 35.5. The molecule has 1 aliphatic heterocycles. The topological polar surface area (TPSA) is 88.2 Å². The van der Waals surface area contributed by atoms with E-state index in [9.17, 15) is 8.42 Å². The first kappa shape index (κ1) is 25.6. The van der Waals surface area contributed by atoms with E-state index in [0.717, 1.165) is 61.1 Å². The molecule has 1 N–H and O–H groups in total. The summed E-state index contributed by atoms with van der Waals surface area (Å²) in [5, 5.41) is 2.64. The molecule has 0 spiro atoms. The summed E-state index contributed by atoms with van der Waals surface area (Å²) in [6, 6.07) is 11.5. The van der Waals surface area contributed by atoms with Gasteiger partial charge in [0.05, 0.1) is 23.6 Å². The average Bonchev–Trinajstić information content (AvgIpc) is 3.42. The molecule has 0 amide bonds. The second-order valence-electron chi connectivity index (χ2n) is 10.8. The van der Waals surface area contributed by atoms with Gasteiger partial charge in [0.15, 0.2) is 15.5 Å². The third-order valence-electron chi connectivity index (χ3n) is 8.21. The number of aromatic nitrogens is 3. The lowest BCUT2D eigenvalue weighted by atomic mass is 9.82. The van der Waals surface area contributed by atoms with E-state index in [1.54, 1.807) is 6.20 Å². The predicted octanol–water partition coefficient (Wildman–Crippen LogP) is 5.95. The Hall–Kier alpha value is -2.68. The van der Waals surface area contributed by atoms with Gasteiger partial charge in [-0.25, -0.2) is 18.4 Å². The zero-order chi connectivity index (χ0) is 26.1. The van der Waals surface area contributed by atoms with Gasteiger partial charge in [-0.3, -0.25) is 4.90 Å². The van der Waals surface area contributed by atoms with Crippen molar-refractivity contribution < 1.29 is 13.2 Å². The maximum atomic E-state index is 13.5. The molecule has 4 aromatic rings. The van der Waals surface area contributed by atoms with Crippen molar-refractivity contribution in [2.75, 3.05) is 25.6 Å². The Morgan fingerprint density at radius 2 is 1.84 bits per heavy atom. The van der Waals surface area contributed by atoms with Crippen LogP contribution in [0.3, 0.4) is 0 Å².